The summed E-state index contributed by atoms with van der Waals surface area (Å²) >= 11 is 0. The summed E-state index contributed by atoms with van der Waals surface area (Å²) in [6.45, 7) is 3.71. The Kier molecular flexibility index (Phi) is 5.61. The minimum absolute atomic E-state index is 0.298. The second-order valence-electron chi connectivity index (χ2n) is 3.78. The van der Waals surface area contributed by atoms with Crippen molar-refractivity contribution in [2.75, 3.05) is 7.11 Å². The second kappa shape index (κ2) is 7.04. The van der Waals surface area contributed by atoms with E-state index in [-0.39, 0.29) is 0 Å². The van der Waals surface area contributed by atoms with Gasteiger partial charge in [0.15, 0.2) is 0 Å². The van der Waals surface area contributed by atoms with Gasteiger partial charge in [0.05, 0.1) is 7.11 Å². The first-order valence-electron chi connectivity index (χ1n) is 5.50. The van der Waals surface area contributed by atoms with Crippen LogP contribution in [0.15, 0.2) is 36.9 Å². The van der Waals surface area contributed by atoms with Gasteiger partial charge in [0.2, 0.25) is 0 Å². The number of ether oxygens (including phenoxy) is 1. The maximum absolute atomic E-state index is 5.51. The minimum atomic E-state index is 0.298. The van der Waals surface area contributed by atoms with E-state index in [2.05, 4.69) is 24.1 Å². The predicted molar refractivity (Wildman–Crippen MR) is 67.2 cm³/mol. The average molecular weight is 220 g/mol. The van der Waals surface area contributed by atoms with Gasteiger partial charge in [-0.15, -0.1) is 6.58 Å². The Bertz CT molecular complexity index is 308. The lowest BCUT2D eigenvalue weighted by molar-refractivity contribution is 0.414. The van der Waals surface area contributed by atoms with Gasteiger partial charge in [-0.05, 0) is 37.0 Å². The number of nitrogens with one attached hydrogen (secondary N) is 1. The van der Waals surface area contributed by atoms with Crippen LogP contribution in [-0.2, 0) is 6.42 Å². The number of benzene rings is 1. The summed E-state index contributed by atoms with van der Waals surface area (Å²) in [5, 5.41) is 0. The highest BCUT2D eigenvalue weighted by Gasteiger charge is 2.06. The molecule has 1 aromatic rings. The first-order chi connectivity index (χ1) is 7.80. The Morgan fingerprint density at radius 1 is 1.44 bits per heavy atom. The molecule has 0 aliphatic heterocycles. The van der Waals surface area contributed by atoms with Crippen molar-refractivity contribution in [3.63, 3.8) is 0 Å². The number of hydrazine groups is 1. The van der Waals surface area contributed by atoms with Crippen molar-refractivity contribution in [3.8, 4) is 5.75 Å². The van der Waals surface area contributed by atoms with E-state index in [1.54, 1.807) is 7.11 Å². The van der Waals surface area contributed by atoms with Gasteiger partial charge < -0.3 is 4.74 Å². The third-order valence-electron chi connectivity index (χ3n) is 2.60. The molecule has 88 valence electrons. The van der Waals surface area contributed by atoms with E-state index in [9.17, 15) is 0 Å². The molecule has 0 aliphatic carbocycles. The first-order valence-corrected chi connectivity index (χ1v) is 5.50. The number of methoxy groups -OCH3 is 1. The highest BCUT2D eigenvalue weighted by Crippen LogP contribution is 2.13. The van der Waals surface area contributed by atoms with E-state index in [0.29, 0.717) is 6.04 Å². The van der Waals surface area contributed by atoms with Gasteiger partial charge in [-0.1, -0.05) is 18.2 Å². The zero-order valence-corrected chi connectivity index (χ0v) is 9.78. The summed E-state index contributed by atoms with van der Waals surface area (Å²) in [6, 6.07) is 8.37. The van der Waals surface area contributed by atoms with Crippen molar-refractivity contribution in [2.45, 2.75) is 25.3 Å². The van der Waals surface area contributed by atoms with E-state index in [0.717, 1.165) is 25.0 Å². The fraction of sp³-hybridized carbons (Fsp3) is 0.385. The molecule has 1 rings (SSSR count). The molecule has 0 heterocycles. The molecule has 0 aliphatic rings. The average Bonchev–Trinajstić information content (AvgIpc) is 2.35. The highest BCUT2D eigenvalue weighted by molar-refractivity contribution is 5.27. The largest absolute Gasteiger partial charge is 0.497 e. The number of nitrogens with two attached hydrogens (primary N) is 1. The number of allylic oxidation sites excluding steroid dienone is 1. The fourth-order valence-corrected chi connectivity index (χ4v) is 1.61. The minimum Gasteiger partial charge on any atom is -0.497 e. The van der Waals surface area contributed by atoms with E-state index >= 15 is 0 Å². The SMILES string of the molecule is C=CCCC(Cc1ccc(OC)cc1)NN. The topological polar surface area (TPSA) is 47.3 Å². The third kappa shape index (κ3) is 4.04. The summed E-state index contributed by atoms with van der Waals surface area (Å²) < 4.78 is 5.11. The van der Waals surface area contributed by atoms with Gasteiger partial charge in [-0.25, -0.2) is 0 Å². The van der Waals surface area contributed by atoms with Crippen molar-refractivity contribution in [2.24, 2.45) is 5.84 Å². The highest BCUT2D eigenvalue weighted by atomic mass is 16.5. The molecule has 3 N–H and O–H groups in total. The second-order valence-corrected chi connectivity index (χ2v) is 3.78. The van der Waals surface area contributed by atoms with Crippen molar-refractivity contribution < 1.29 is 4.74 Å². The first kappa shape index (κ1) is 12.7. The van der Waals surface area contributed by atoms with Crippen LogP contribution >= 0.6 is 0 Å². The maximum Gasteiger partial charge on any atom is 0.118 e. The van der Waals surface area contributed by atoms with Crippen LogP contribution in [0.25, 0.3) is 0 Å². The summed E-state index contributed by atoms with van der Waals surface area (Å²) in [7, 11) is 1.67. The van der Waals surface area contributed by atoms with E-state index in [4.69, 9.17) is 10.6 Å². The molecule has 0 amide bonds. The molecule has 16 heavy (non-hydrogen) atoms. The Hall–Kier alpha value is -1.32. The lowest BCUT2D eigenvalue weighted by Gasteiger charge is -2.15. The monoisotopic (exact) mass is 220 g/mol. The zero-order chi connectivity index (χ0) is 11.8. The maximum atomic E-state index is 5.51. The van der Waals surface area contributed by atoms with E-state index in [1.165, 1.54) is 5.56 Å². The van der Waals surface area contributed by atoms with Crippen molar-refractivity contribution in [1.29, 1.82) is 0 Å². The van der Waals surface area contributed by atoms with Gasteiger partial charge in [0.25, 0.3) is 0 Å². The predicted octanol–water partition coefficient (Wildman–Crippen LogP) is 2.04. The molecule has 3 nitrogen and oxygen atoms in total. The van der Waals surface area contributed by atoms with Crippen molar-refractivity contribution in [3.05, 3.63) is 42.5 Å². The summed E-state index contributed by atoms with van der Waals surface area (Å²) in [5.74, 6) is 6.39. The molecule has 0 fully saturated rings. The molecule has 0 bridgehead atoms. The molecule has 0 saturated carbocycles. The van der Waals surface area contributed by atoms with Gasteiger partial charge in [-0.3, -0.25) is 11.3 Å². The number of hydrogen-bond acceptors (Lipinski definition) is 3. The standard InChI is InChI=1S/C13H20N2O/c1-3-4-5-12(15-14)10-11-6-8-13(16-2)9-7-11/h3,6-9,12,15H,1,4-5,10,14H2,2H3. The van der Waals surface area contributed by atoms with Crippen LogP contribution in [0.2, 0.25) is 0 Å². The van der Waals surface area contributed by atoms with Crippen LogP contribution < -0.4 is 16.0 Å². The summed E-state index contributed by atoms with van der Waals surface area (Å²) in [4.78, 5) is 0. The quantitative estimate of drug-likeness (QED) is 0.420. The Balaban J connectivity index is 2.52. The van der Waals surface area contributed by atoms with Gasteiger partial charge >= 0.3 is 0 Å². The molecule has 3 heteroatoms. The molecule has 0 aromatic heterocycles. The normalized spacial score (nSPS) is 12.1. The molecule has 1 unspecified atom stereocenters. The van der Waals surface area contributed by atoms with Crippen molar-refractivity contribution in [1.82, 2.24) is 5.43 Å². The molecular formula is C13H20N2O. The molecule has 0 saturated heterocycles. The van der Waals surface area contributed by atoms with Crippen LogP contribution in [0.4, 0.5) is 0 Å². The van der Waals surface area contributed by atoms with Crippen LogP contribution in [0.1, 0.15) is 18.4 Å². The van der Waals surface area contributed by atoms with Crippen LogP contribution in [0.5, 0.6) is 5.75 Å². The van der Waals surface area contributed by atoms with Gasteiger partial charge in [0.1, 0.15) is 5.75 Å². The zero-order valence-electron chi connectivity index (χ0n) is 9.78. The van der Waals surface area contributed by atoms with E-state index < -0.39 is 0 Å². The Morgan fingerprint density at radius 2 is 2.12 bits per heavy atom. The molecule has 1 atom stereocenters. The smallest absolute Gasteiger partial charge is 0.118 e. The third-order valence-corrected chi connectivity index (χ3v) is 2.60. The van der Waals surface area contributed by atoms with Crippen LogP contribution in [0.3, 0.4) is 0 Å². The lowest BCUT2D eigenvalue weighted by Crippen LogP contribution is -2.36. The lowest BCUT2D eigenvalue weighted by atomic mass is 10.0. The molecule has 0 spiro atoms. The fourth-order valence-electron chi connectivity index (χ4n) is 1.61. The number of rotatable bonds is 7. The Morgan fingerprint density at radius 3 is 2.62 bits per heavy atom. The Labute approximate surface area is 97.3 Å². The van der Waals surface area contributed by atoms with Gasteiger partial charge in [0, 0.05) is 6.04 Å². The van der Waals surface area contributed by atoms with E-state index in [1.807, 2.05) is 18.2 Å². The molecule has 0 radical (unpaired) electrons. The van der Waals surface area contributed by atoms with Crippen molar-refractivity contribution >= 4 is 0 Å². The van der Waals surface area contributed by atoms with Crippen LogP contribution in [0, 0.1) is 0 Å². The van der Waals surface area contributed by atoms with Gasteiger partial charge in [-0.2, -0.15) is 0 Å². The molecular weight excluding hydrogens is 200 g/mol. The molecule has 1 aromatic carbocycles. The number of hydrogen-bond donors (Lipinski definition) is 2. The summed E-state index contributed by atoms with van der Waals surface area (Å²) in [5.41, 5.74) is 4.09. The summed E-state index contributed by atoms with van der Waals surface area (Å²) in [6.07, 6.45) is 4.82. The van der Waals surface area contributed by atoms with Crippen LogP contribution in [-0.4, -0.2) is 13.2 Å².